The van der Waals surface area contributed by atoms with Crippen LogP contribution in [0.15, 0.2) is 48.8 Å². The molecule has 0 N–H and O–H groups in total. The van der Waals surface area contributed by atoms with Crippen LogP contribution in [0.25, 0.3) is 10.8 Å². The molecule has 0 bridgehead atoms. The van der Waals surface area contributed by atoms with E-state index in [0.29, 0.717) is 37.0 Å². The van der Waals surface area contributed by atoms with Gasteiger partial charge in [-0.1, -0.05) is 62.4 Å². The molecule has 0 spiro atoms. The van der Waals surface area contributed by atoms with Gasteiger partial charge in [0.2, 0.25) is 0 Å². The number of ether oxygens (including phenoxy) is 2. The SMILES string of the molecule is C=C(F)C(=O)N1CCN(c2nc(OC[C@@H]3CC(C)(C)CN3C)nc3c2COC(c2cccc4cccc(Cl)c24)C3)C[C@@H]1CC#N. The van der Waals surface area contributed by atoms with Crippen molar-refractivity contribution in [3.63, 3.8) is 0 Å². The number of likely N-dealkylation sites (tertiary alicyclic amines) is 1. The van der Waals surface area contributed by atoms with Gasteiger partial charge in [-0.2, -0.15) is 15.2 Å². The van der Waals surface area contributed by atoms with Crippen molar-refractivity contribution >= 4 is 34.1 Å². The second-order valence-corrected chi connectivity index (χ2v) is 13.5. The lowest BCUT2D eigenvalue weighted by molar-refractivity contribution is -0.131. The molecule has 0 radical (unpaired) electrons. The van der Waals surface area contributed by atoms with Gasteiger partial charge in [-0.25, -0.2) is 4.39 Å². The lowest BCUT2D eigenvalue weighted by Crippen LogP contribution is -2.55. The number of aromatic nitrogens is 2. The van der Waals surface area contributed by atoms with E-state index in [9.17, 15) is 14.4 Å². The van der Waals surface area contributed by atoms with Crippen molar-refractivity contribution in [3.8, 4) is 12.1 Å². The zero-order chi connectivity index (χ0) is 31.9. The van der Waals surface area contributed by atoms with E-state index in [1.165, 1.54) is 4.90 Å². The molecule has 0 saturated carbocycles. The summed E-state index contributed by atoms with van der Waals surface area (Å²) in [5.74, 6) is -1.17. The molecule has 3 aliphatic rings. The van der Waals surface area contributed by atoms with Crippen LogP contribution < -0.4 is 9.64 Å². The summed E-state index contributed by atoms with van der Waals surface area (Å²) >= 11 is 6.67. The van der Waals surface area contributed by atoms with E-state index in [4.69, 9.17) is 31.0 Å². The summed E-state index contributed by atoms with van der Waals surface area (Å²) in [6.07, 6.45) is 1.26. The molecule has 2 aromatic carbocycles. The van der Waals surface area contributed by atoms with Crippen molar-refractivity contribution in [2.24, 2.45) is 5.41 Å². The van der Waals surface area contributed by atoms with Gasteiger partial charge in [0.05, 0.1) is 36.9 Å². The summed E-state index contributed by atoms with van der Waals surface area (Å²) in [6.45, 7) is 10.3. The Balaban J connectivity index is 1.34. The van der Waals surface area contributed by atoms with Crippen molar-refractivity contribution in [1.29, 1.82) is 5.26 Å². The van der Waals surface area contributed by atoms with Crippen LogP contribution in [0.2, 0.25) is 5.02 Å². The molecule has 3 atom stereocenters. The second-order valence-electron chi connectivity index (χ2n) is 13.1. The van der Waals surface area contributed by atoms with Gasteiger partial charge in [-0.15, -0.1) is 0 Å². The smallest absolute Gasteiger partial charge is 0.318 e. The summed E-state index contributed by atoms with van der Waals surface area (Å²) in [5.41, 5.74) is 2.86. The number of likely N-dealkylation sites (N-methyl/N-ethyl adjacent to an activating group) is 1. The number of hydrogen-bond donors (Lipinski definition) is 0. The fraction of sp³-hybridized carbons (Fsp3) is 0.471. The van der Waals surface area contributed by atoms with Gasteiger partial charge >= 0.3 is 6.01 Å². The minimum absolute atomic E-state index is 0.0520. The minimum Gasteiger partial charge on any atom is -0.462 e. The molecule has 1 unspecified atom stereocenters. The van der Waals surface area contributed by atoms with Gasteiger partial charge in [0, 0.05) is 54.6 Å². The zero-order valence-electron chi connectivity index (χ0n) is 25.9. The van der Waals surface area contributed by atoms with E-state index in [0.717, 1.165) is 40.6 Å². The highest BCUT2D eigenvalue weighted by molar-refractivity contribution is 6.35. The lowest BCUT2D eigenvalue weighted by Gasteiger charge is -2.42. The van der Waals surface area contributed by atoms with Crippen LogP contribution in [0, 0.1) is 16.7 Å². The molecule has 0 aliphatic carbocycles. The number of nitriles is 1. The molecule has 236 valence electrons. The quantitative estimate of drug-likeness (QED) is 0.310. The fourth-order valence-electron chi connectivity index (χ4n) is 7.12. The number of anilines is 1. The van der Waals surface area contributed by atoms with Crippen LogP contribution >= 0.6 is 11.6 Å². The number of benzene rings is 2. The van der Waals surface area contributed by atoms with Crippen LogP contribution in [0.5, 0.6) is 6.01 Å². The van der Waals surface area contributed by atoms with Crippen molar-refractivity contribution in [2.75, 3.05) is 44.7 Å². The summed E-state index contributed by atoms with van der Waals surface area (Å²) in [7, 11) is 2.11. The van der Waals surface area contributed by atoms with Gasteiger partial charge in [-0.05, 0) is 35.9 Å². The molecule has 45 heavy (non-hydrogen) atoms. The Morgan fingerprint density at radius 3 is 2.71 bits per heavy atom. The van der Waals surface area contributed by atoms with Crippen LogP contribution in [0.1, 0.15) is 49.6 Å². The van der Waals surface area contributed by atoms with E-state index < -0.39 is 17.8 Å². The molecular formula is C34H38ClFN6O3. The number of carbonyl (C=O) groups excluding carboxylic acids is 1. The van der Waals surface area contributed by atoms with E-state index in [-0.39, 0.29) is 43.1 Å². The maximum Gasteiger partial charge on any atom is 0.318 e. The monoisotopic (exact) mass is 632 g/mol. The molecule has 11 heteroatoms. The Hall–Kier alpha value is -3.78. The molecular weight excluding hydrogens is 595 g/mol. The first kappa shape index (κ1) is 31.2. The molecule has 2 fully saturated rings. The average molecular weight is 633 g/mol. The average Bonchev–Trinajstić information content (AvgIpc) is 3.29. The fourth-order valence-corrected chi connectivity index (χ4v) is 7.41. The van der Waals surface area contributed by atoms with Crippen molar-refractivity contribution in [3.05, 3.63) is 70.6 Å². The molecule has 4 heterocycles. The number of nitrogens with zero attached hydrogens (tertiary/aromatic N) is 6. The minimum atomic E-state index is -1.03. The number of amides is 1. The van der Waals surface area contributed by atoms with Gasteiger partial charge in [0.25, 0.3) is 5.91 Å². The Bertz CT molecular complexity index is 1670. The highest BCUT2D eigenvalue weighted by Crippen LogP contribution is 2.40. The van der Waals surface area contributed by atoms with Crippen LogP contribution in [0.4, 0.5) is 10.2 Å². The van der Waals surface area contributed by atoms with Crippen molar-refractivity contribution in [1.82, 2.24) is 19.8 Å². The third kappa shape index (κ3) is 6.35. The molecule has 3 aromatic rings. The molecule has 2 saturated heterocycles. The number of piperazine rings is 1. The molecule has 6 rings (SSSR count). The van der Waals surface area contributed by atoms with E-state index >= 15 is 0 Å². The summed E-state index contributed by atoms with van der Waals surface area (Å²) < 4.78 is 26.6. The molecule has 3 aliphatic heterocycles. The third-order valence-corrected chi connectivity index (χ3v) is 9.50. The highest BCUT2D eigenvalue weighted by Gasteiger charge is 2.37. The van der Waals surface area contributed by atoms with E-state index in [2.05, 4.69) is 38.4 Å². The van der Waals surface area contributed by atoms with Gasteiger partial charge in [0.15, 0.2) is 5.83 Å². The van der Waals surface area contributed by atoms with Crippen LogP contribution in [0.3, 0.4) is 0 Å². The van der Waals surface area contributed by atoms with E-state index in [1.54, 1.807) is 0 Å². The lowest BCUT2D eigenvalue weighted by atomic mass is 9.91. The van der Waals surface area contributed by atoms with E-state index in [1.807, 2.05) is 41.3 Å². The maximum absolute atomic E-state index is 13.8. The second kappa shape index (κ2) is 12.5. The first-order chi connectivity index (χ1) is 21.5. The van der Waals surface area contributed by atoms with Crippen molar-refractivity contribution in [2.45, 2.75) is 57.9 Å². The summed E-state index contributed by atoms with van der Waals surface area (Å²) in [4.78, 5) is 28.1. The standard InChI is InChI=1S/C34H38ClFN6O3/c1-21(36)32(43)42-14-13-41(17-23(42)11-12-37)31-26-19-44-29(25-9-5-7-22-8-6-10-27(35)30(22)25)15-28(26)38-33(39-31)45-18-24-16-34(2,3)20-40(24)4/h5-10,23-24,29H,1,11,13-20H2,2-4H3/t23-,24-,29?/m0/s1. The molecule has 1 amide bonds. The van der Waals surface area contributed by atoms with Crippen LogP contribution in [-0.2, 0) is 22.6 Å². The van der Waals surface area contributed by atoms with Crippen LogP contribution in [-0.4, -0.2) is 77.6 Å². The Kier molecular flexibility index (Phi) is 8.70. The third-order valence-electron chi connectivity index (χ3n) is 9.19. The zero-order valence-corrected chi connectivity index (χ0v) is 26.7. The predicted octanol–water partition coefficient (Wildman–Crippen LogP) is 5.62. The number of carbonyl (C=O) groups is 1. The Morgan fingerprint density at radius 2 is 2.00 bits per heavy atom. The largest absolute Gasteiger partial charge is 0.462 e. The Morgan fingerprint density at radius 1 is 1.22 bits per heavy atom. The number of rotatable bonds is 7. The first-order valence-electron chi connectivity index (χ1n) is 15.3. The number of halogens is 2. The van der Waals surface area contributed by atoms with Gasteiger partial charge in [-0.3, -0.25) is 9.69 Å². The molecule has 9 nitrogen and oxygen atoms in total. The number of fused-ring (bicyclic) bond motifs is 2. The highest BCUT2D eigenvalue weighted by atomic mass is 35.5. The number of hydrogen-bond acceptors (Lipinski definition) is 8. The van der Waals surface area contributed by atoms with Gasteiger partial charge < -0.3 is 19.3 Å². The first-order valence-corrected chi connectivity index (χ1v) is 15.7. The Labute approximate surface area is 268 Å². The summed E-state index contributed by atoms with van der Waals surface area (Å²) in [5, 5.41) is 12.2. The normalized spacial score (nSPS) is 23.1. The predicted molar refractivity (Wildman–Crippen MR) is 171 cm³/mol. The topological polar surface area (TPSA) is 94.8 Å². The molecule has 1 aromatic heterocycles. The van der Waals surface area contributed by atoms with Crippen molar-refractivity contribution < 1.29 is 18.7 Å². The van der Waals surface area contributed by atoms with Gasteiger partial charge in [0.1, 0.15) is 12.4 Å². The summed E-state index contributed by atoms with van der Waals surface area (Å²) in [6, 6.07) is 14.1. The maximum atomic E-state index is 13.8.